The van der Waals surface area contributed by atoms with Crippen LogP contribution in [0.3, 0.4) is 0 Å². The van der Waals surface area contributed by atoms with E-state index in [-0.39, 0.29) is 12.5 Å². The summed E-state index contributed by atoms with van der Waals surface area (Å²) in [4.78, 5) is 10.5. The number of carboxylic acid groups (broad SMARTS) is 1. The summed E-state index contributed by atoms with van der Waals surface area (Å²) in [6.07, 6.45) is 0.564. The molecule has 0 aromatic carbocycles. The maximum atomic E-state index is 10.5. The van der Waals surface area contributed by atoms with Gasteiger partial charge in [-0.25, -0.2) is 3.11 Å². The van der Waals surface area contributed by atoms with Gasteiger partial charge in [0, 0.05) is 36.0 Å². The van der Waals surface area contributed by atoms with Gasteiger partial charge in [0.05, 0.1) is 0 Å². The molecule has 11 heavy (non-hydrogen) atoms. The zero-order valence-corrected chi connectivity index (χ0v) is 8.06. The van der Waals surface area contributed by atoms with Crippen LogP contribution in [-0.4, -0.2) is 38.5 Å². The Morgan fingerprint density at radius 1 is 1.73 bits per heavy atom. The van der Waals surface area contributed by atoms with E-state index in [1.165, 1.54) is 0 Å². The van der Waals surface area contributed by atoms with Gasteiger partial charge in [0.2, 0.25) is 0 Å². The first-order chi connectivity index (χ1) is 5.15. The molecule has 1 aliphatic rings. The van der Waals surface area contributed by atoms with Crippen molar-refractivity contribution in [1.29, 1.82) is 0 Å². The zero-order valence-electron chi connectivity index (χ0n) is 5.90. The molecule has 0 radical (unpaired) electrons. The molecule has 2 unspecified atom stereocenters. The van der Waals surface area contributed by atoms with Crippen molar-refractivity contribution in [3.8, 4) is 0 Å². The van der Waals surface area contributed by atoms with E-state index < -0.39 is 12.0 Å². The Morgan fingerprint density at radius 3 is 2.64 bits per heavy atom. The average Bonchev–Trinajstić information content (AvgIpc) is 2.30. The maximum absolute atomic E-state index is 10.5. The van der Waals surface area contributed by atoms with E-state index in [2.05, 4.69) is 0 Å². The number of nitrogens with zero attached hydrogens (tertiary/aromatic N) is 1. The van der Waals surface area contributed by atoms with Crippen LogP contribution >= 0.6 is 22.9 Å². The van der Waals surface area contributed by atoms with Crippen molar-refractivity contribution in [3.05, 3.63) is 0 Å². The number of aliphatic carboxylic acids is 1. The second kappa shape index (κ2) is 3.68. The van der Waals surface area contributed by atoms with Crippen molar-refractivity contribution in [3.63, 3.8) is 0 Å². The molecular formula is C6H10INO3. The van der Waals surface area contributed by atoms with Gasteiger partial charge in [-0.1, -0.05) is 0 Å². The average molecular weight is 271 g/mol. The SMILES string of the molecule is O=C(O)C1CC(CO)CN1I. The summed E-state index contributed by atoms with van der Waals surface area (Å²) in [5, 5.41) is 17.4. The molecule has 1 heterocycles. The Morgan fingerprint density at radius 2 is 2.36 bits per heavy atom. The topological polar surface area (TPSA) is 60.8 Å². The van der Waals surface area contributed by atoms with Crippen LogP contribution in [0.25, 0.3) is 0 Å². The molecule has 1 aliphatic heterocycles. The smallest absolute Gasteiger partial charge is 0.321 e. The van der Waals surface area contributed by atoms with E-state index in [1.807, 2.05) is 22.9 Å². The third-order valence-electron chi connectivity index (χ3n) is 1.87. The molecule has 4 nitrogen and oxygen atoms in total. The first-order valence-electron chi connectivity index (χ1n) is 3.41. The lowest BCUT2D eigenvalue weighted by Gasteiger charge is -2.10. The number of aliphatic hydroxyl groups is 1. The molecule has 0 aliphatic carbocycles. The highest BCUT2D eigenvalue weighted by molar-refractivity contribution is 14.1. The minimum atomic E-state index is -0.796. The molecule has 0 amide bonds. The number of aliphatic hydroxyl groups excluding tert-OH is 1. The van der Waals surface area contributed by atoms with Crippen LogP contribution in [0, 0.1) is 5.92 Å². The number of rotatable bonds is 2. The van der Waals surface area contributed by atoms with Crippen molar-refractivity contribution < 1.29 is 15.0 Å². The van der Waals surface area contributed by atoms with Gasteiger partial charge in [0.1, 0.15) is 6.04 Å². The fourth-order valence-corrected chi connectivity index (χ4v) is 2.25. The molecule has 2 atom stereocenters. The van der Waals surface area contributed by atoms with E-state index in [9.17, 15) is 4.79 Å². The fraction of sp³-hybridized carbons (Fsp3) is 0.833. The minimum Gasteiger partial charge on any atom is -0.480 e. The van der Waals surface area contributed by atoms with Crippen LogP contribution in [0.5, 0.6) is 0 Å². The molecule has 1 fully saturated rings. The monoisotopic (exact) mass is 271 g/mol. The van der Waals surface area contributed by atoms with E-state index in [0.717, 1.165) is 0 Å². The summed E-state index contributed by atoms with van der Waals surface area (Å²) >= 11 is 1.99. The Kier molecular flexibility index (Phi) is 3.08. The Hall–Kier alpha value is 0.120. The molecule has 5 heteroatoms. The van der Waals surface area contributed by atoms with E-state index >= 15 is 0 Å². The van der Waals surface area contributed by atoms with Crippen LogP contribution in [0.4, 0.5) is 0 Å². The first-order valence-corrected chi connectivity index (χ1v) is 4.37. The Bertz CT molecular complexity index is 164. The molecule has 2 N–H and O–H groups in total. The number of hydrogen-bond acceptors (Lipinski definition) is 3. The van der Waals surface area contributed by atoms with Crippen molar-refractivity contribution in [2.45, 2.75) is 12.5 Å². The molecule has 64 valence electrons. The summed E-state index contributed by atoms with van der Waals surface area (Å²) < 4.78 is 1.74. The van der Waals surface area contributed by atoms with Crippen LogP contribution in [-0.2, 0) is 4.79 Å². The predicted molar refractivity (Wildman–Crippen MR) is 47.3 cm³/mol. The number of hydrogen-bond donors (Lipinski definition) is 2. The molecule has 0 aromatic rings. The summed E-state index contributed by atoms with van der Waals surface area (Å²) in [7, 11) is 0. The molecule has 1 saturated heterocycles. The van der Waals surface area contributed by atoms with E-state index in [4.69, 9.17) is 10.2 Å². The summed E-state index contributed by atoms with van der Waals surface area (Å²) in [5.74, 6) is -0.664. The lowest BCUT2D eigenvalue weighted by atomic mass is 10.1. The highest BCUT2D eigenvalue weighted by Gasteiger charge is 2.34. The lowest BCUT2D eigenvalue weighted by Crippen LogP contribution is -2.27. The van der Waals surface area contributed by atoms with Gasteiger partial charge in [-0.05, 0) is 12.3 Å². The molecule has 1 rings (SSSR count). The van der Waals surface area contributed by atoms with Gasteiger partial charge in [0.15, 0.2) is 0 Å². The predicted octanol–water partition coefficient (Wildman–Crippen LogP) is 0.104. The maximum Gasteiger partial charge on any atom is 0.321 e. The number of carbonyl (C=O) groups is 1. The molecule has 0 bridgehead atoms. The second-order valence-electron chi connectivity index (χ2n) is 2.72. The molecular weight excluding hydrogens is 261 g/mol. The molecule has 0 aromatic heterocycles. The van der Waals surface area contributed by atoms with E-state index in [0.29, 0.717) is 13.0 Å². The standard InChI is InChI=1S/C6H10INO3/c7-8-2-4(3-9)1-5(8)6(10)11/h4-5,9H,1-3H2,(H,10,11). The lowest BCUT2D eigenvalue weighted by molar-refractivity contribution is -0.140. The van der Waals surface area contributed by atoms with Gasteiger partial charge >= 0.3 is 5.97 Å². The summed E-state index contributed by atoms with van der Waals surface area (Å²) in [6, 6.07) is -0.409. The van der Waals surface area contributed by atoms with E-state index in [1.54, 1.807) is 3.11 Å². The Balaban J connectivity index is 2.51. The minimum absolute atomic E-state index is 0.0866. The van der Waals surface area contributed by atoms with Gasteiger partial charge in [-0.2, -0.15) is 0 Å². The van der Waals surface area contributed by atoms with Crippen molar-refractivity contribution in [2.75, 3.05) is 13.2 Å². The third-order valence-corrected chi connectivity index (χ3v) is 2.94. The normalized spacial score (nSPS) is 32.5. The molecule has 0 spiro atoms. The van der Waals surface area contributed by atoms with Crippen LogP contribution in [0.1, 0.15) is 6.42 Å². The summed E-state index contributed by atoms with van der Waals surface area (Å²) in [6.45, 7) is 0.761. The Labute approximate surface area is 78.7 Å². The van der Waals surface area contributed by atoms with Gasteiger partial charge in [-0.15, -0.1) is 0 Å². The fourth-order valence-electron chi connectivity index (χ4n) is 1.23. The number of carboxylic acids is 1. The first kappa shape index (κ1) is 9.21. The van der Waals surface area contributed by atoms with Crippen LogP contribution in [0.2, 0.25) is 0 Å². The van der Waals surface area contributed by atoms with Crippen LogP contribution < -0.4 is 0 Å². The number of halogens is 1. The molecule has 0 saturated carbocycles. The second-order valence-corrected chi connectivity index (χ2v) is 3.96. The van der Waals surface area contributed by atoms with Crippen molar-refractivity contribution in [1.82, 2.24) is 3.11 Å². The quantitative estimate of drug-likeness (QED) is 0.552. The summed E-state index contributed by atoms with van der Waals surface area (Å²) in [5.41, 5.74) is 0. The highest BCUT2D eigenvalue weighted by Crippen LogP contribution is 2.25. The van der Waals surface area contributed by atoms with Gasteiger partial charge in [-0.3, -0.25) is 4.79 Å². The van der Waals surface area contributed by atoms with Crippen molar-refractivity contribution in [2.24, 2.45) is 5.92 Å². The third kappa shape index (κ3) is 2.03. The van der Waals surface area contributed by atoms with Gasteiger partial charge < -0.3 is 10.2 Å². The highest BCUT2D eigenvalue weighted by atomic mass is 127. The van der Waals surface area contributed by atoms with Crippen molar-refractivity contribution >= 4 is 28.8 Å². The van der Waals surface area contributed by atoms with Crippen LogP contribution in [0.15, 0.2) is 0 Å². The van der Waals surface area contributed by atoms with Gasteiger partial charge in [0.25, 0.3) is 0 Å². The largest absolute Gasteiger partial charge is 0.480 e. The zero-order chi connectivity index (χ0) is 8.43.